The lowest BCUT2D eigenvalue weighted by atomic mass is 9.81. The van der Waals surface area contributed by atoms with E-state index >= 15 is 0 Å². The van der Waals surface area contributed by atoms with Gasteiger partial charge >= 0.3 is 0 Å². The first-order valence-corrected chi connectivity index (χ1v) is 5.94. The third-order valence-electron chi connectivity index (χ3n) is 3.49. The zero-order valence-electron chi connectivity index (χ0n) is 11.5. The Morgan fingerprint density at radius 2 is 1.53 bits per heavy atom. The molecule has 1 unspecified atom stereocenters. The molecule has 0 saturated heterocycles. The van der Waals surface area contributed by atoms with Gasteiger partial charge in [0.1, 0.15) is 0 Å². The lowest BCUT2D eigenvalue weighted by Crippen LogP contribution is -2.28. The summed E-state index contributed by atoms with van der Waals surface area (Å²) in [6, 6.07) is 0. The first-order valence-electron chi connectivity index (χ1n) is 5.94. The van der Waals surface area contributed by atoms with Crippen molar-refractivity contribution >= 4 is 0 Å². The van der Waals surface area contributed by atoms with Gasteiger partial charge in [0.2, 0.25) is 0 Å². The minimum atomic E-state index is -0.574. The van der Waals surface area contributed by atoms with Gasteiger partial charge in [-0.1, -0.05) is 46.8 Å². The van der Waals surface area contributed by atoms with Gasteiger partial charge in [0.05, 0.1) is 5.60 Å². The van der Waals surface area contributed by atoms with Gasteiger partial charge in [0.25, 0.3) is 0 Å². The van der Waals surface area contributed by atoms with Gasteiger partial charge in [-0.2, -0.15) is 0 Å². The number of allylic oxidation sites excluding steroid dienone is 2. The molecule has 0 saturated carbocycles. The van der Waals surface area contributed by atoms with Crippen LogP contribution in [-0.4, -0.2) is 10.7 Å². The molecule has 15 heavy (non-hydrogen) atoms. The van der Waals surface area contributed by atoms with Crippen LogP contribution in [0.15, 0.2) is 12.2 Å². The van der Waals surface area contributed by atoms with Crippen LogP contribution in [0, 0.1) is 17.3 Å². The van der Waals surface area contributed by atoms with Crippen molar-refractivity contribution in [2.75, 3.05) is 0 Å². The molecule has 0 aliphatic heterocycles. The van der Waals surface area contributed by atoms with Gasteiger partial charge < -0.3 is 5.11 Å². The maximum Gasteiger partial charge on any atom is 0.0620 e. The Bertz CT molecular complexity index is 202. The van der Waals surface area contributed by atoms with E-state index < -0.39 is 5.60 Å². The Morgan fingerprint density at radius 3 is 1.87 bits per heavy atom. The molecule has 0 radical (unpaired) electrons. The quantitative estimate of drug-likeness (QED) is 0.698. The maximum absolute atomic E-state index is 9.78. The summed E-state index contributed by atoms with van der Waals surface area (Å²) in [6.45, 7) is 14.8. The van der Waals surface area contributed by atoms with Crippen LogP contribution in [0.5, 0.6) is 0 Å². The number of aliphatic hydroxyl groups is 1. The molecule has 0 heterocycles. The van der Waals surface area contributed by atoms with Gasteiger partial charge in [-0.15, -0.1) is 0 Å². The maximum atomic E-state index is 9.78. The Kier molecular flexibility index (Phi) is 5.05. The van der Waals surface area contributed by atoms with Gasteiger partial charge in [-0.3, -0.25) is 0 Å². The highest BCUT2D eigenvalue weighted by Gasteiger charge is 2.21. The summed E-state index contributed by atoms with van der Waals surface area (Å²) in [7, 11) is 0. The molecule has 1 heteroatoms. The second-order valence-corrected chi connectivity index (χ2v) is 6.37. The lowest BCUT2D eigenvalue weighted by Gasteiger charge is -2.26. The predicted octanol–water partition coefficient (Wildman–Crippen LogP) is 4.02. The summed E-state index contributed by atoms with van der Waals surface area (Å²) >= 11 is 0. The molecule has 1 nitrogen and oxygen atoms in total. The molecule has 2 atom stereocenters. The van der Waals surface area contributed by atoms with Crippen LogP contribution in [0.2, 0.25) is 0 Å². The van der Waals surface area contributed by atoms with Crippen molar-refractivity contribution in [3.05, 3.63) is 12.2 Å². The van der Waals surface area contributed by atoms with E-state index in [1.807, 2.05) is 13.8 Å². The molecule has 90 valence electrons. The summed E-state index contributed by atoms with van der Waals surface area (Å²) in [4.78, 5) is 0. The summed E-state index contributed by atoms with van der Waals surface area (Å²) in [5.74, 6) is 0.882. The van der Waals surface area contributed by atoms with Crippen LogP contribution >= 0.6 is 0 Å². The number of rotatable bonds is 4. The second kappa shape index (κ2) is 5.16. The predicted molar refractivity (Wildman–Crippen MR) is 67.8 cm³/mol. The van der Waals surface area contributed by atoms with Crippen molar-refractivity contribution in [2.45, 2.75) is 60.5 Å². The summed E-state index contributed by atoms with van der Waals surface area (Å²) < 4.78 is 0. The topological polar surface area (TPSA) is 20.2 Å². The average Bonchev–Trinajstić information content (AvgIpc) is 2.00. The van der Waals surface area contributed by atoms with Crippen molar-refractivity contribution in [2.24, 2.45) is 17.3 Å². The third kappa shape index (κ3) is 5.99. The molecule has 0 amide bonds. The van der Waals surface area contributed by atoms with Crippen molar-refractivity contribution < 1.29 is 5.11 Å². The van der Waals surface area contributed by atoms with Crippen LogP contribution in [-0.2, 0) is 0 Å². The normalized spacial score (nSPS) is 18.1. The van der Waals surface area contributed by atoms with E-state index in [9.17, 15) is 5.11 Å². The van der Waals surface area contributed by atoms with Crippen LogP contribution in [0.1, 0.15) is 54.9 Å². The zero-order chi connectivity index (χ0) is 12.3. The highest BCUT2D eigenvalue weighted by molar-refractivity contribution is 4.94. The van der Waals surface area contributed by atoms with E-state index in [1.54, 1.807) is 0 Å². The number of hydrogen-bond donors (Lipinski definition) is 1. The molecule has 0 aromatic heterocycles. The fraction of sp³-hybridized carbons (Fsp3) is 0.857. The monoisotopic (exact) mass is 212 g/mol. The summed E-state index contributed by atoms with van der Waals surface area (Å²) in [6.07, 6.45) is 5.42. The smallest absolute Gasteiger partial charge is 0.0620 e. The Balaban J connectivity index is 4.12. The first-order chi connectivity index (χ1) is 6.55. The number of hydrogen-bond acceptors (Lipinski definition) is 1. The van der Waals surface area contributed by atoms with E-state index in [4.69, 9.17) is 0 Å². The minimum absolute atomic E-state index is 0.306. The summed E-state index contributed by atoms with van der Waals surface area (Å²) in [5, 5.41) is 9.78. The van der Waals surface area contributed by atoms with Crippen LogP contribution in [0.3, 0.4) is 0 Å². The first kappa shape index (κ1) is 14.7. The Labute approximate surface area is 95.6 Å². The standard InChI is InChI=1S/C14H28O/c1-11(13(3,4)5)9-8-10-12(2)14(6,7)15/h8-9,11-12,15H,10H2,1-7H3/b9-8+/t11?,12-/m0/s1. The fourth-order valence-electron chi connectivity index (χ4n) is 1.06. The van der Waals surface area contributed by atoms with Gasteiger partial charge in [0.15, 0.2) is 0 Å². The molecule has 0 aliphatic carbocycles. The SMILES string of the molecule is CC(/C=C/C[C@H](C)C(C)(C)O)C(C)(C)C. The Morgan fingerprint density at radius 1 is 1.07 bits per heavy atom. The second-order valence-electron chi connectivity index (χ2n) is 6.37. The molecule has 0 aromatic carbocycles. The van der Waals surface area contributed by atoms with Crippen LogP contribution < -0.4 is 0 Å². The highest BCUT2D eigenvalue weighted by Crippen LogP contribution is 2.27. The highest BCUT2D eigenvalue weighted by atomic mass is 16.3. The zero-order valence-corrected chi connectivity index (χ0v) is 11.5. The van der Waals surface area contributed by atoms with Gasteiger partial charge in [0, 0.05) is 0 Å². The fourth-order valence-corrected chi connectivity index (χ4v) is 1.06. The van der Waals surface area contributed by atoms with Crippen molar-refractivity contribution in [3.63, 3.8) is 0 Å². The van der Waals surface area contributed by atoms with Gasteiger partial charge in [-0.05, 0) is 37.5 Å². The van der Waals surface area contributed by atoms with Crippen molar-refractivity contribution in [3.8, 4) is 0 Å². The van der Waals surface area contributed by atoms with Crippen molar-refractivity contribution in [1.29, 1.82) is 0 Å². The molecule has 0 bridgehead atoms. The van der Waals surface area contributed by atoms with Crippen molar-refractivity contribution in [1.82, 2.24) is 0 Å². The molecule has 0 rings (SSSR count). The molecular weight excluding hydrogens is 184 g/mol. The largest absolute Gasteiger partial charge is 0.390 e. The van der Waals surface area contributed by atoms with Crippen LogP contribution in [0.4, 0.5) is 0 Å². The molecular formula is C14H28O. The average molecular weight is 212 g/mol. The van der Waals surface area contributed by atoms with E-state index in [0.29, 0.717) is 17.3 Å². The molecule has 0 aromatic rings. The van der Waals surface area contributed by atoms with Gasteiger partial charge in [-0.25, -0.2) is 0 Å². The molecule has 1 N–H and O–H groups in total. The van der Waals surface area contributed by atoms with E-state index in [2.05, 4.69) is 46.8 Å². The molecule has 0 aliphatic rings. The molecule has 0 fully saturated rings. The lowest BCUT2D eigenvalue weighted by molar-refractivity contribution is 0.0261. The third-order valence-corrected chi connectivity index (χ3v) is 3.49. The summed E-state index contributed by atoms with van der Waals surface area (Å²) in [5.41, 5.74) is -0.246. The Hall–Kier alpha value is -0.300. The van der Waals surface area contributed by atoms with E-state index in [-0.39, 0.29) is 0 Å². The van der Waals surface area contributed by atoms with E-state index in [1.165, 1.54) is 0 Å². The minimum Gasteiger partial charge on any atom is -0.390 e. The van der Waals surface area contributed by atoms with Crippen LogP contribution in [0.25, 0.3) is 0 Å². The molecule has 0 spiro atoms. The van der Waals surface area contributed by atoms with E-state index in [0.717, 1.165) is 6.42 Å².